The largest absolute Gasteiger partial charge is 0.467 e. The number of benzene rings is 1. The molecule has 2 aromatic rings. The van der Waals surface area contributed by atoms with Crippen LogP contribution in [0.5, 0.6) is 0 Å². The fourth-order valence-corrected chi connectivity index (χ4v) is 1.83. The van der Waals surface area contributed by atoms with Gasteiger partial charge in [0.05, 0.1) is 19.2 Å². The second kappa shape index (κ2) is 5.54. The number of aryl methyl sites for hydroxylation is 1. The van der Waals surface area contributed by atoms with Crippen molar-refractivity contribution in [3.05, 3.63) is 59.5 Å². The molecule has 0 aliphatic carbocycles. The fraction of sp³-hybridized carbons (Fsp3) is 0.267. The minimum absolute atomic E-state index is 0.0979. The Bertz CT molecular complexity index is 517. The number of hydrogen-bond donors (Lipinski definition) is 0. The maximum atomic E-state index is 12.1. The smallest absolute Gasteiger partial charge is 0.227 e. The van der Waals surface area contributed by atoms with E-state index in [4.69, 9.17) is 4.42 Å². The number of carbonyl (C=O) groups excluding carboxylic acids is 1. The van der Waals surface area contributed by atoms with E-state index in [9.17, 15) is 4.79 Å². The lowest BCUT2D eigenvalue weighted by atomic mass is 10.1. The van der Waals surface area contributed by atoms with Gasteiger partial charge >= 0.3 is 0 Å². The average Bonchev–Trinajstić information content (AvgIpc) is 2.84. The van der Waals surface area contributed by atoms with Crippen LogP contribution in [0.1, 0.15) is 16.9 Å². The number of amides is 1. The lowest BCUT2D eigenvalue weighted by molar-refractivity contribution is -0.129. The minimum Gasteiger partial charge on any atom is -0.467 e. The van der Waals surface area contributed by atoms with Gasteiger partial charge in [-0.2, -0.15) is 0 Å². The third-order valence-electron chi connectivity index (χ3n) is 3.00. The molecule has 2 rings (SSSR count). The van der Waals surface area contributed by atoms with Gasteiger partial charge in [-0.1, -0.05) is 24.3 Å². The second-order valence-electron chi connectivity index (χ2n) is 4.43. The first-order chi connectivity index (χ1) is 8.66. The van der Waals surface area contributed by atoms with Crippen LogP contribution in [-0.4, -0.2) is 17.9 Å². The normalized spacial score (nSPS) is 10.3. The van der Waals surface area contributed by atoms with Gasteiger partial charge in [0.25, 0.3) is 0 Å². The van der Waals surface area contributed by atoms with E-state index < -0.39 is 0 Å². The number of hydrogen-bond acceptors (Lipinski definition) is 2. The Hall–Kier alpha value is -2.03. The zero-order valence-corrected chi connectivity index (χ0v) is 10.7. The van der Waals surface area contributed by atoms with Crippen molar-refractivity contribution in [1.29, 1.82) is 0 Å². The highest BCUT2D eigenvalue weighted by Crippen LogP contribution is 2.10. The standard InChI is InChI=1S/C15H17NO2/c1-12-6-3-4-7-13(12)10-15(17)16(2)11-14-8-5-9-18-14/h3-9H,10-11H2,1-2H3. The summed E-state index contributed by atoms with van der Waals surface area (Å²) in [5, 5.41) is 0. The van der Waals surface area contributed by atoms with Gasteiger partial charge in [0, 0.05) is 7.05 Å². The highest BCUT2D eigenvalue weighted by molar-refractivity contribution is 5.78. The van der Waals surface area contributed by atoms with Crippen LogP contribution in [0, 0.1) is 6.92 Å². The number of rotatable bonds is 4. The first-order valence-electron chi connectivity index (χ1n) is 5.97. The van der Waals surface area contributed by atoms with Crippen LogP contribution in [0.15, 0.2) is 47.1 Å². The Kier molecular flexibility index (Phi) is 3.82. The second-order valence-corrected chi connectivity index (χ2v) is 4.43. The van der Waals surface area contributed by atoms with Crippen LogP contribution >= 0.6 is 0 Å². The van der Waals surface area contributed by atoms with Crippen molar-refractivity contribution in [2.45, 2.75) is 19.9 Å². The molecule has 1 aromatic carbocycles. The molecule has 0 radical (unpaired) electrons. The minimum atomic E-state index is 0.0979. The zero-order chi connectivity index (χ0) is 13.0. The van der Waals surface area contributed by atoms with Crippen LogP contribution < -0.4 is 0 Å². The first kappa shape index (κ1) is 12.4. The average molecular weight is 243 g/mol. The Balaban J connectivity index is 1.98. The highest BCUT2D eigenvalue weighted by Gasteiger charge is 2.12. The predicted molar refractivity (Wildman–Crippen MR) is 70.1 cm³/mol. The van der Waals surface area contributed by atoms with E-state index in [2.05, 4.69) is 0 Å². The number of nitrogens with zero attached hydrogens (tertiary/aromatic N) is 1. The lowest BCUT2D eigenvalue weighted by Gasteiger charge is -2.16. The van der Waals surface area contributed by atoms with Crippen LogP contribution in [0.25, 0.3) is 0 Å². The summed E-state index contributed by atoms with van der Waals surface area (Å²) in [6.07, 6.45) is 2.05. The molecule has 0 N–H and O–H groups in total. The summed E-state index contributed by atoms with van der Waals surface area (Å²) in [6.45, 7) is 2.53. The molecule has 1 amide bonds. The molecule has 0 unspecified atom stereocenters. The van der Waals surface area contributed by atoms with E-state index >= 15 is 0 Å². The van der Waals surface area contributed by atoms with Crippen molar-refractivity contribution in [3.63, 3.8) is 0 Å². The van der Waals surface area contributed by atoms with Gasteiger partial charge < -0.3 is 9.32 Å². The van der Waals surface area contributed by atoms with Crippen molar-refractivity contribution in [3.8, 4) is 0 Å². The monoisotopic (exact) mass is 243 g/mol. The van der Waals surface area contributed by atoms with E-state index in [1.807, 2.05) is 43.3 Å². The molecule has 0 aliphatic rings. The molecule has 3 heteroatoms. The molecular formula is C15H17NO2. The van der Waals surface area contributed by atoms with Crippen molar-refractivity contribution >= 4 is 5.91 Å². The van der Waals surface area contributed by atoms with Crippen molar-refractivity contribution in [1.82, 2.24) is 4.90 Å². The van der Waals surface area contributed by atoms with Gasteiger partial charge in [-0.3, -0.25) is 4.79 Å². The van der Waals surface area contributed by atoms with E-state index in [1.165, 1.54) is 0 Å². The Morgan fingerprint density at radius 2 is 2.00 bits per heavy atom. The first-order valence-corrected chi connectivity index (χ1v) is 5.97. The summed E-state index contributed by atoms with van der Waals surface area (Å²) in [7, 11) is 1.79. The fourth-order valence-electron chi connectivity index (χ4n) is 1.83. The molecule has 0 aliphatic heterocycles. The van der Waals surface area contributed by atoms with E-state index in [1.54, 1.807) is 18.2 Å². The molecule has 0 atom stereocenters. The molecule has 1 heterocycles. The summed E-state index contributed by atoms with van der Waals surface area (Å²) in [6, 6.07) is 11.7. The Morgan fingerprint density at radius 1 is 1.22 bits per heavy atom. The summed E-state index contributed by atoms with van der Waals surface area (Å²) in [4.78, 5) is 13.8. The predicted octanol–water partition coefficient (Wildman–Crippen LogP) is 2.79. The van der Waals surface area contributed by atoms with Crippen LogP contribution in [0.3, 0.4) is 0 Å². The molecule has 1 aromatic heterocycles. The summed E-state index contributed by atoms with van der Waals surface area (Å²) >= 11 is 0. The maximum absolute atomic E-state index is 12.1. The number of furan rings is 1. The molecular weight excluding hydrogens is 226 g/mol. The topological polar surface area (TPSA) is 33.5 Å². The van der Waals surface area contributed by atoms with Gasteiger partial charge in [-0.15, -0.1) is 0 Å². The lowest BCUT2D eigenvalue weighted by Crippen LogP contribution is -2.27. The molecule has 0 saturated carbocycles. The molecule has 3 nitrogen and oxygen atoms in total. The maximum Gasteiger partial charge on any atom is 0.227 e. The van der Waals surface area contributed by atoms with Crippen molar-refractivity contribution in [2.24, 2.45) is 0 Å². The van der Waals surface area contributed by atoms with E-state index in [0.717, 1.165) is 16.9 Å². The Labute approximate surface area is 107 Å². The van der Waals surface area contributed by atoms with Crippen LogP contribution in [0.4, 0.5) is 0 Å². The summed E-state index contributed by atoms with van der Waals surface area (Å²) in [5.41, 5.74) is 2.23. The molecule has 0 bridgehead atoms. The SMILES string of the molecule is Cc1ccccc1CC(=O)N(C)Cc1ccco1. The van der Waals surface area contributed by atoms with E-state index in [-0.39, 0.29) is 5.91 Å². The number of carbonyl (C=O) groups is 1. The molecule has 0 fully saturated rings. The molecule has 0 saturated heterocycles. The van der Waals surface area contributed by atoms with E-state index in [0.29, 0.717) is 13.0 Å². The summed E-state index contributed by atoms with van der Waals surface area (Å²) in [5.74, 6) is 0.899. The van der Waals surface area contributed by atoms with Gasteiger partial charge in [-0.25, -0.2) is 0 Å². The third-order valence-corrected chi connectivity index (χ3v) is 3.00. The molecule has 94 valence electrons. The molecule has 0 spiro atoms. The third kappa shape index (κ3) is 3.00. The van der Waals surface area contributed by atoms with Crippen molar-refractivity contribution in [2.75, 3.05) is 7.05 Å². The molecule has 18 heavy (non-hydrogen) atoms. The van der Waals surface area contributed by atoms with Gasteiger partial charge in [0.1, 0.15) is 5.76 Å². The Morgan fingerprint density at radius 3 is 2.67 bits per heavy atom. The number of likely N-dealkylation sites (N-methyl/N-ethyl adjacent to an activating group) is 1. The van der Waals surface area contributed by atoms with Gasteiger partial charge in [0.15, 0.2) is 0 Å². The quantitative estimate of drug-likeness (QED) is 0.827. The van der Waals surface area contributed by atoms with Crippen LogP contribution in [-0.2, 0) is 17.8 Å². The van der Waals surface area contributed by atoms with Crippen molar-refractivity contribution < 1.29 is 9.21 Å². The summed E-state index contributed by atoms with van der Waals surface area (Å²) < 4.78 is 5.23. The van der Waals surface area contributed by atoms with Gasteiger partial charge in [-0.05, 0) is 30.2 Å². The zero-order valence-electron chi connectivity index (χ0n) is 10.7. The van der Waals surface area contributed by atoms with Crippen LogP contribution in [0.2, 0.25) is 0 Å². The van der Waals surface area contributed by atoms with Gasteiger partial charge in [0.2, 0.25) is 5.91 Å². The highest BCUT2D eigenvalue weighted by atomic mass is 16.3.